The molecule has 1 heterocycles. The molecule has 0 saturated carbocycles. The molecule has 0 atom stereocenters. The van der Waals surface area contributed by atoms with Crippen molar-refractivity contribution in [1.82, 2.24) is 9.97 Å². The molecule has 0 bridgehead atoms. The largest absolute Gasteiger partial charge is 0.476 e. The van der Waals surface area contributed by atoms with Gasteiger partial charge in [0.25, 0.3) is 0 Å². The zero-order valence-electron chi connectivity index (χ0n) is 10.1. The number of rotatable bonds is 5. The van der Waals surface area contributed by atoms with Gasteiger partial charge in [-0.15, -0.1) is 0 Å². The van der Waals surface area contributed by atoms with Crippen molar-refractivity contribution < 1.29 is 19.4 Å². The molecule has 0 aliphatic heterocycles. The topological polar surface area (TPSA) is 81.5 Å². The molecule has 1 aromatic rings. The van der Waals surface area contributed by atoms with Gasteiger partial charge in [-0.3, -0.25) is 4.98 Å². The van der Waals surface area contributed by atoms with E-state index in [9.17, 15) is 4.79 Å². The van der Waals surface area contributed by atoms with Crippen LogP contribution in [0.2, 0.25) is 0 Å². The van der Waals surface area contributed by atoms with Crippen LogP contribution in [0.15, 0.2) is 12.4 Å². The smallest absolute Gasteiger partial charge is 0.356 e. The van der Waals surface area contributed by atoms with Crippen LogP contribution in [0.25, 0.3) is 0 Å². The van der Waals surface area contributed by atoms with Gasteiger partial charge in [0.2, 0.25) is 5.88 Å². The normalized spacial score (nSPS) is 11.2. The molecule has 1 rings (SSSR count). The van der Waals surface area contributed by atoms with Gasteiger partial charge >= 0.3 is 5.97 Å². The van der Waals surface area contributed by atoms with Crippen molar-refractivity contribution in [2.75, 3.05) is 13.2 Å². The third-order valence-electron chi connectivity index (χ3n) is 1.70. The molecule has 94 valence electrons. The van der Waals surface area contributed by atoms with Crippen LogP contribution < -0.4 is 4.74 Å². The van der Waals surface area contributed by atoms with Gasteiger partial charge in [0, 0.05) is 0 Å². The Morgan fingerprint density at radius 3 is 2.65 bits per heavy atom. The number of hydrogen-bond donors (Lipinski definition) is 1. The number of carbonyl (C=O) groups is 1. The third-order valence-corrected chi connectivity index (χ3v) is 1.70. The van der Waals surface area contributed by atoms with Crippen LogP contribution in [0.1, 0.15) is 31.3 Å². The third kappa shape index (κ3) is 5.26. The van der Waals surface area contributed by atoms with E-state index in [4.69, 9.17) is 14.6 Å². The highest BCUT2D eigenvalue weighted by Gasteiger charge is 2.10. The molecule has 17 heavy (non-hydrogen) atoms. The Labute approximate surface area is 99.6 Å². The van der Waals surface area contributed by atoms with Crippen LogP contribution in [-0.4, -0.2) is 39.9 Å². The molecule has 6 heteroatoms. The lowest BCUT2D eigenvalue weighted by molar-refractivity contribution is -0.0168. The zero-order valence-corrected chi connectivity index (χ0v) is 10.1. The molecule has 0 unspecified atom stereocenters. The average Bonchev–Trinajstić information content (AvgIpc) is 2.23. The lowest BCUT2D eigenvalue weighted by Crippen LogP contribution is -2.22. The Balaban J connectivity index is 2.42. The molecule has 0 amide bonds. The lowest BCUT2D eigenvalue weighted by Gasteiger charge is -2.19. The molecule has 0 saturated heterocycles. The Bertz CT molecular complexity index is 387. The van der Waals surface area contributed by atoms with Crippen LogP contribution in [0, 0.1) is 0 Å². The first-order chi connectivity index (χ1) is 7.88. The molecule has 0 aliphatic carbocycles. The second-order valence-electron chi connectivity index (χ2n) is 4.36. The van der Waals surface area contributed by atoms with Gasteiger partial charge in [-0.2, -0.15) is 0 Å². The molecule has 0 radical (unpaired) electrons. The average molecular weight is 240 g/mol. The van der Waals surface area contributed by atoms with Gasteiger partial charge < -0.3 is 14.6 Å². The van der Waals surface area contributed by atoms with E-state index in [0.717, 1.165) is 0 Å². The zero-order chi connectivity index (χ0) is 12.9. The van der Waals surface area contributed by atoms with Crippen molar-refractivity contribution in [2.24, 2.45) is 0 Å². The van der Waals surface area contributed by atoms with Gasteiger partial charge in [-0.25, -0.2) is 9.78 Å². The summed E-state index contributed by atoms with van der Waals surface area (Å²) in [4.78, 5) is 18.1. The SMILES string of the molecule is CC(C)(C)OCCOc1cncc(C(=O)O)n1. The molecule has 0 spiro atoms. The van der Waals surface area contributed by atoms with Gasteiger partial charge in [0.1, 0.15) is 6.61 Å². The van der Waals surface area contributed by atoms with Crippen LogP contribution in [-0.2, 0) is 4.74 Å². The summed E-state index contributed by atoms with van der Waals surface area (Å²) in [5, 5.41) is 8.70. The first kappa shape index (κ1) is 13.4. The van der Waals surface area contributed by atoms with Gasteiger partial charge in [-0.05, 0) is 20.8 Å². The van der Waals surface area contributed by atoms with Crippen LogP contribution >= 0.6 is 0 Å². The van der Waals surface area contributed by atoms with E-state index in [1.807, 2.05) is 20.8 Å². The summed E-state index contributed by atoms with van der Waals surface area (Å²) in [6.07, 6.45) is 2.53. The number of carboxylic acid groups (broad SMARTS) is 1. The standard InChI is InChI=1S/C11H16N2O4/c1-11(2,3)17-5-4-16-9-7-12-6-8(13-9)10(14)15/h6-7H,4-5H2,1-3H3,(H,14,15). The molecule has 0 fully saturated rings. The summed E-state index contributed by atoms with van der Waals surface area (Å²) in [5.74, 6) is -0.948. The fraction of sp³-hybridized carbons (Fsp3) is 0.545. The van der Waals surface area contributed by atoms with E-state index in [-0.39, 0.29) is 17.2 Å². The summed E-state index contributed by atoms with van der Waals surface area (Å²) < 4.78 is 10.7. The Kier molecular flexibility index (Phi) is 4.39. The first-order valence-electron chi connectivity index (χ1n) is 5.20. The highest BCUT2D eigenvalue weighted by molar-refractivity contribution is 5.84. The van der Waals surface area contributed by atoms with Crippen LogP contribution in [0.4, 0.5) is 0 Å². The van der Waals surface area contributed by atoms with Crippen molar-refractivity contribution in [3.63, 3.8) is 0 Å². The van der Waals surface area contributed by atoms with Gasteiger partial charge in [0.05, 0.1) is 24.6 Å². The van der Waals surface area contributed by atoms with Crippen molar-refractivity contribution in [1.29, 1.82) is 0 Å². The summed E-state index contributed by atoms with van der Waals surface area (Å²) >= 11 is 0. The number of aromatic nitrogens is 2. The second kappa shape index (κ2) is 5.58. The summed E-state index contributed by atoms with van der Waals surface area (Å²) in [6, 6.07) is 0. The first-order valence-corrected chi connectivity index (χ1v) is 5.20. The van der Waals surface area contributed by atoms with Crippen LogP contribution in [0.5, 0.6) is 5.88 Å². The van der Waals surface area contributed by atoms with Crippen LogP contribution in [0.3, 0.4) is 0 Å². The summed E-state index contributed by atoms with van der Waals surface area (Å²) in [5.41, 5.74) is -0.364. The molecule has 0 aromatic carbocycles. The second-order valence-corrected chi connectivity index (χ2v) is 4.36. The fourth-order valence-corrected chi connectivity index (χ4v) is 1.01. The quantitative estimate of drug-likeness (QED) is 0.783. The fourth-order valence-electron chi connectivity index (χ4n) is 1.01. The number of nitrogens with zero attached hydrogens (tertiary/aromatic N) is 2. The Morgan fingerprint density at radius 2 is 2.06 bits per heavy atom. The van der Waals surface area contributed by atoms with E-state index in [1.165, 1.54) is 12.4 Å². The molecule has 1 aromatic heterocycles. The van der Waals surface area contributed by atoms with Crippen molar-refractivity contribution in [3.8, 4) is 5.88 Å². The number of carboxylic acids is 1. The number of hydrogen-bond acceptors (Lipinski definition) is 5. The van der Waals surface area contributed by atoms with E-state index < -0.39 is 5.97 Å². The predicted octanol–water partition coefficient (Wildman–Crippen LogP) is 1.37. The number of aromatic carboxylic acids is 1. The minimum atomic E-state index is -1.13. The summed E-state index contributed by atoms with van der Waals surface area (Å²) in [7, 11) is 0. The van der Waals surface area contributed by atoms with Crippen molar-refractivity contribution >= 4 is 5.97 Å². The lowest BCUT2D eigenvalue weighted by atomic mass is 10.2. The van der Waals surface area contributed by atoms with E-state index in [0.29, 0.717) is 13.2 Å². The monoisotopic (exact) mass is 240 g/mol. The van der Waals surface area contributed by atoms with Crippen molar-refractivity contribution in [3.05, 3.63) is 18.1 Å². The van der Waals surface area contributed by atoms with E-state index in [1.54, 1.807) is 0 Å². The van der Waals surface area contributed by atoms with Gasteiger partial charge in [-0.1, -0.05) is 0 Å². The highest BCUT2D eigenvalue weighted by atomic mass is 16.5. The number of ether oxygens (including phenoxy) is 2. The van der Waals surface area contributed by atoms with E-state index >= 15 is 0 Å². The molecule has 0 aliphatic rings. The highest BCUT2D eigenvalue weighted by Crippen LogP contribution is 2.08. The molecule has 1 N–H and O–H groups in total. The molecule has 6 nitrogen and oxygen atoms in total. The predicted molar refractivity (Wildman–Crippen MR) is 60.2 cm³/mol. The maximum absolute atomic E-state index is 10.6. The maximum Gasteiger partial charge on any atom is 0.356 e. The minimum absolute atomic E-state index is 0.140. The van der Waals surface area contributed by atoms with Gasteiger partial charge in [0.15, 0.2) is 5.69 Å². The summed E-state index contributed by atoms with van der Waals surface area (Å²) in [6.45, 7) is 6.53. The Morgan fingerprint density at radius 1 is 1.35 bits per heavy atom. The van der Waals surface area contributed by atoms with Crippen molar-refractivity contribution in [2.45, 2.75) is 26.4 Å². The molecular formula is C11H16N2O4. The maximum atomic E-state index is 10.6. The van der Waals surface area contributed by atoms with E-state index in [2.05, 4.69) is 9.97 Å². The Hall–Kier alpha value is -1.69. The minimum Gasteiger partial charge on any atom is -0.476 e. The molecular weight excluding hydrogens is 224 g/mol.